The van der Waals surface area contributed by atoms with Gasteiger partial charge < -0.3 is 0 Å². The predicted molar refractivity (Wildman–Crippen MR) is 79.7 cm³/mol. The Balaban J connectivity index is 1.97. The van der Waals surface area contributed by atoms with Gasteiger partial charge in [0, 0.05) is 6.54 Å². The monoisotopic (exact) mass is 245 g/mol. The number of allylic oxidation sites excluding steroid dienone is 4. The van der Waals surface area contributed by atoms with Crippen LogP contribution in [-0.2, 0) is 0 Å². The number of rotatable bonds is 4. The van der Waals surface area contributed by atoms with E-state index in [1.54, 1.807) is 5.57 Å². The number of hydrogen-bond acceptors (Lipinski definition) is 1. The van der Waals surface area contributed by atoms with E-state index in [9.17, 15) is 0 Å². The first-order valence-corrected chi connectivity index (χ1v) is 7.63. The molecule has 0 radical (unpaired) electrons. The Labute approximate surface area is 112 Å². The fourth-order valence-electron chi connectivity index (χ4n) is 2.97. The molecule has 0 saturated carbocycles. The van der Waals surface area contributed by atoms with Crippen molar-refractivity contribution < 1.29 is 0 Å². The van der Waals surface area contributed by atoms with Gasteiger partial charge in [-0.15, -0.1) is 0 Å². The van der Waals surface area contributed by atoms with Crippen LogP contribution in [0.25, 0.3) is 0 Å². The van der Waals surface area contributed by atoms with Gasteiger partial charge in [0.2, 0.25) is 0 Å². The summed E-state index contributed by atoms with van der Waals surface area (Å²) >= 11 is 0. The van der Waals surface area contributed by atoms with Gasteiger partial charge in [0.05, 0.1) is 0 Å². The fourth-order valence-corrected chi connectivity index (χ4v) is 2.97. The van der Waals surface area contributed by atoms with E-state index in [0.29, 0.717) is 0 Å². The van der Waals surface area contributed by atoms with E-state index >= 15 is 0 Å². The highest BCUT2D eigenvalue weighted by atomic mass is 15.1. The average Bonchev–Trinajstić information content (AvgIpc) is 2.41. The lowest BCUT2D eigenvalue weighted by atomic mass is 9.97. The molecule has 100 valence electrons. The van der Waals surface area contributed by atoms with Gasteiger partial charge in [-0.3, -0.25) is 4.90 Å². The fraction of sp³-hybridized carbons (Fsp3) is 0.647. The molecule has 1 heteroatoms. The van der Waals surface area contributed by atoms with Crippen molar-refractivity contribution in [3.63, 3.8) is 0 Å². The average molecular weight is 245 g/mol. The van der Waals surface area contributed by atoms with Crippen molar-refractivity contribution in [3.8, 4) is 0 Å². The molecule has 0 N–H and O–H groups in total. The molecule has 2 aliphatic rings. The topological polar surface area (TPSA) is 3.24 Å². The maximum Gasteiger partial charge on any atom is 0.0233 e. The maximum absolute atomic E-state index is 2.61. The number of likely N-dealkylation sites (tertiary alicyclic amines) is 1. The molecule has 0 spiro atoms. The second-order valence-electron chi connectivity index (χ2n) is 5.58. The van der Waals surface area contributed by atoms with E-state index in [2.05, 4.69) is 36.1 Å². The molecule has 1 fully saturated rings. The van der Waals surface area contributed by atoms with Gasteiger partial charge in [-0.05, 0) is 64.1 Å². The van der Waals surface area contributed by atoms with Crippen molar-refractivity contribution in [2.24, 2.45) is 0 Å². The third-order valence-electron chi connectivity index (χ3n) is 3.93. The molecule has 18 heavy (non-hydrogen) atoms. The zero-order chi connectivity index (χ0) is 12.6. The Morgan fingerprint density at radius 2 is 2.00 bits per heavy atom. The third-order valence-corrected chi connectivity index (χ3v) is 3.93. The lowest BCUT2D eigenvalue weighted by molar-refractivity contribution is 0.248. The second-order valence-corrected chi connectivity index (χ2v) is 5.58. The second kappa shape index (κ2) is 7.58. The smallest absolute Gasteiger partial charge is 0.0233 e. The lowest BCUT2D eigenvalue weighted by Gasteiger charge is -2.27. The predicted octanol–water partition coefficient (Wildman–Crippen LogP) is 4.48. The molecule has 1 aliphatic heterocycles. The summed E-state index contributed by atoms with van der Waals surface area (Å²) in [6.45, 7) is 5.84. The Morgan fingerprint density at radius 3 is 2.67 bits per heavy atom. The minimum Gasteiger partial charge on any atom is -0.299 e. The molecule has 0 unspecified atom stereocenters. The molecular formula is C17H27N. The molecule has 1 saturated heterocycles. The molecule has 2 rings (SSSR count). The van der Waals surface area contributed by atoms with E-state index in [4.69, 9.17) is 0 Å². The van der Waals surface area contributed by atoms with Crippen LogP contribution < -0.4 is 0 Å². The number of hydrogen-bond donors (Lipinski definition) is 0. The van der Waals surface area contributed by atoms with Gasteiger partial charge in [-0.1, -0.05) is 36.3 Å². The summed E-state index contributed by atoms with van der Waals surface area (Å²) in [4.78, 5) is 2.61. The first-order chi connectivity index (χ1) is 8.88. The van der Waals surface area contributed by atoms with Crippen molar-refractivity contribution in [2.45, 2.75) is 51.9 Å². The summed E-state index contributed by atoms with van der Waals surface area (Å²) in [5.74, 6) is 0. The number of nitrogens with zero attached hydrogens (tertiary/aromatic N) is 1. The van der Waals surface area contributed by atoms with Crippen molar-refractivity contribution in [3.05, 3.63) is 35.5 Å². The van der Waals surface area contributed by atoms with Gasteiger partial charge in [0.25, 0.3) is 0 Å². The van der Waals surface area contributed by atoms with E-state index in [1.165, 1.54) is 63.6 Å². The zero-order valence-corrected chi connectivity index (χ0v) is 11.8. The first kappa shape index (κ1) is 13.6. The highest BCUT2D eigenvalue weighted by molar-refractivity contribution is 5.31. The number of piperidine rings is 1. The van der Waals surface area contributed by atoms with E-state index < -0.39 is 0 Å². The van der Waals surface area contributed by atoms with E-state index in [0.717, 1.165) is 6.54 Å². The SMILES string of the molecule is C/C=C\C(=C/C1=CCCCC1)CN1CCCCC1. The molecule has 1 aliphatic carbocycles. The van der Waals surface area contributed by atoms with Crippen molar-refractivity contribution in [2.75, 3.05) is 19.6 Å². The van der Waals surface area contributed by atoms with Crippen LogP contribution in [-0.4, -0.2) is 24.5 Å². The Morgan fingerprint density at radius 1 is 1.17 bits per heavy atom. The molecule has 0 aromatic rings. The Kier molecular flexibility index (Phi) is 5.73. The zero-order valence-electron chi connectivity index (χ0n) is 11.8. The Hall–Kier alpha value is -0.820. The summed E-state index contributed by atoms with van der Waals surface area (Å²) in [6.07, 6.45) is 18.8. The van der Waals surface area contributed by atoms with Crippen LogP contribution in [0.1, 0.15) is 51.9 Å². The van der Waals surface area contributed by atoms with Crippen molar-refractivity contribution >= 4 is 0 Å². The first-order valence-electron chi connectivity index (χ1n) is 7.63. The maximum atomic E-state index is 2.61. The largest absolute Gasteiger partial charge is 0.299 e. The molecule has 1 nitrogen and oxygen atoms in total. The minimum atomic E-state index is 1.14. The molecular weight excluding hydrogens is 218 g/mol. The van der Waals surface area contributed by atoms with Crippen LogP contribution in [0.2, 0.25) is 0 Å². The van der Waals surface area contributed by atoms with E-state index in [-0.39, 0.29) is 0 Å². The van der Waals surface area contributed by atoms with Crippen molar-refractivity contribution in [1.82, 2.24) is 4.90 Å². The van der Waals surface area contributed by atoms with Crippen LogP contribution in [0.5, 0.6) is 0 Å². The highest BCUT2D eigenvalue weighted by Gasteiger charge is 2.11. The van der Waals surface area contributed by atoms with Gasteiger partial charge in [0.15, 0.2) is 0 Å². The molecule has 1 heterocycles. The third kappa shape index (κ3) is 4.45. The summed E-state index contributed by atoms with van der Waals surface area (Å²) < 4.78 is 0. The van der Waals surface area contributed by atoms with Crippen LogP contribution in [0.3, 0.4) is 0 Å². The van der Waals surface area contributed by atoms with Gasteiger partial charge in [-0.25, -0.2) is 0 Å². The highest BCUT2D eigenvalue weighted by Crippen LogP contribution is 2.21. The summed E-state index contributed by atoms with van der Waals surface area (Å²) in [5, 5.41) is 0. The van der Waals surface area contributed by atoms with Crippen LogP contribution >= 0.6 is 0 Å². The summed E-state index contributed by atoms with van der Waals surface area (Å²) in [5.41, 5.74) is 3.05. The summed E-state index contributed by atoms with van der Waals surface area (Å²) in [6, 6.07) is 0. The lowest BCUT2D eigenvalue weighted by Crippen LogP contribution is -2.31. The molecule has 0 atom stereocenters. The van der Waals surface area contributed by atoms with Crippen molar-refractivity contribution in [1.29, 1.82) is 0 Å². The summed E-state index contributed by atoms with van der Waals surface area (Å²) in [7, 11) is 0. The van der Waals surface area contributed by atoms with Crippen LogP contribution in [0.4, 0.5) is 0 Å². The molecule has 0 aromatic heterocycles. The molecule has 0 bridgehead atoms. The standard InChI is InChI=1S/C17H27N/c1-2-9-17(14-16-10-5-3-6-11-16)15-18-12-7-4-8-13-18/h2,9-10,14H,3-8,11-13,15H2,1H3/b9-2-,17-14+. The molecule has 0 amide bonds. The van der Waals surface area contributed by atoms with Gasteiger partial charge >= 0.3 is 0 Å². The quantitative estimate of drug-likeness (QED) is 0.660. The normalized spacial score (nSPS) is 23.4. The van der Waals surface area contributed by atoms with E-state index in [1.807, 2.05) is 0 Å². The van der Waals surface area contributed by atoms with Gasteiger partial charge in [-0.2, -0.15) is 0 Å². The Bertz CT molecular complexity index is 330. The van der Waals surface area contributed by atoms with Crippen LogP contribution in [0, 0.1) is 0 Å². The van der Waals surface area contributed by atoms with Gasteiger partial charge in [0.1, 0.15) is 0 Å². The van der Waals surface area contributed by atoms with Crippen LogP contribution in [0.15, 0.2) is 35.5 Å². The molecule has 0 aromatic carbocycles. The minimum absolute atomic E-state index is 1.14.